The smallest absolute Gasteiger partial charge is 0.166 e. The highest BCUT2D eigenvalue weighted by molar-refractivity contribution is 5.31. The average molecular weight is 423 g/mol. The molecule has 0 aromatic heterocycles. The minimum Gasteiger partial charge on any atom is -0.166 e. The molecule has 2 fully saturated rings. The number of hydrogen-bond acceptors (Lipinski definition) is 0. The quantitative estimate of drug-likeness (QED) is 0.347. The van der Waals surface area contributed by atoms with E-state index in [-0.39, 0.29) is 5.41 Å². The number of hydrogen-bond donors (Lipinski definition) is 0. The zero-order valence-corrected chi connectivity index (χ0v) is 19.0. The fraction of sp³-hybridized carbons (Fsp3) is 0.778. The summed E-state index contributed by atoms with van der Waals surface area (Å²) < 4.78 is 39.0. The van der Waals surface area contributed by atoms with Gasteiger partial charge in [-0.3, -0.25) is 0 Å². The minimum atomic E-state index is -4.24. The van der Waals surface area contributed by atoms with Crippen LogP contribution in [0.5, 0.6) is 0 Å². The maximum absolute atomic E-state index is 13.0. The van der Waals surface area contributed by atoms with Crippen LogP contribution in [0.4, 0.5) is 13.2 Å². The molecule has 2 aliphatic carbocycles. The van der Waals surface area contributed by atoms with Crippen LogP contribution in [0.25, 0.3) is 0 Å². The van der Waals surface area contributed by atoms with Crippen LogP contribution in [0.3, 0.4) is 0 Å². The van der Waals surface area contributed by atoms with Crippen LogP contribution in [0.1, 0.15) is 127 Å². The first-order valence-electron chi connectivity index (χ1n) is 12.6. The van der Waals surface area contributed by atoms with E-state index in [1.54, 1.807) is 12.1 Å². The molecule has 0 saturated heterocycles. The summed E-state index contributed by atoms with van der Waals surface area (Å²) in [6.07, 6.45) is 17.8. The standard InChI is InChI=1S/C27H41F3/c1-2-3-16-25(17-6-4-7-18-25)19-10-11-22-26(20-8-5-9-21-26)23-12-14-24(15-13-23)27(28,29)30/h12-15H,2-11,16-22H2,1H3. The van der Waals surface area contributed by atoms with Gasteiger partial charge in [-0.2, -0.15) is 13.2 Å². The Kier molecular flexibility index (Phi) is 8.32. The van der Waals surface area contributed by atoms with Crippen LogP contribution in [0.2, 0.25) is 0 Å². The van der Waals surface area contributed by atoms with Crippen LogP contribution in [-0.2, 0) is 11.6 Å². The van der Waals surface area contributed by atoms with Crippen molar-refractivity contribution in [2.75, 3.05) is 0 Å². The molecule has 2 aliphatic rings. The molecular weight excluding hydrogens is 381 g/mol. The highest BCUT2D eigenvalue weighted by Crippen LogP contribution is 2.47. The van der Waals surface area contributed by atoms with Crippen molar-refractivity contribution in [3.05, 3.63) is 35.4 Å². The molecule has 30 heavy (non-hydrogen) atoms. The second kappa shape index (κ2) is 10.6. The van der Waals surface area contributed by atoms with Crippen LogP contribution >= 0.6 is 0 Å². The minimum absolute atomic E-state index is 0.103. The van der Waals surface area contributed by atoms with Gasteiger partial charge in [0.1, 0.15) is 0 Å². The molecule has 1 aromatic rings. The Labute approximate surface area is 182 Å². The molecule has 2 saturated carbocycles. The molecule has 3 rings (SSSR count). The normalized spacial score (nSPS) is 21.5. The molecule has 0 bridgehead atoms. The fourth-order valence-corrected chi connectivity index (χ4v) is 6.37. The monoisotopic (exact) mass is 422 g/mol. The van der Waals surface area contributed by atoms with E-state index >= 15 is 0 Å². The van der Waals surface area contributed by atoms with Gasteiger partial charge in [0.05, 0.1) is 5.56 Å². The number of alkyl halides is 3. The summed E-state index contributed by atoms with van der Waals surface area (Å²) in [4.78, 5) is 0. The molecule has 1 aromatic carbocycles. The summed E-state index contributed by atoms with van der Waals surface area (Å²) in [5, 5.41) is 0. The number of halogens is 3. The predicted octanol–water partition coefficient (Wildman–Crippen LogP) is 9.61. The molecular formula is C27H41F3. The number of rotatable bonds is 9. The maximum atomic E-state index is 13.0. The Balaban J connectivity index is 1.62. The average Bonchev–Trinajstić information content (AvgIpc) is 2.76. The fourth-order valence-electron chi connectivity index (χ4n) is 6.37. The zero-order chi connectivity index (χ0) is 21.5. The van der Waals surface area contributed by atoms with E-state index < -0.39 is 11.7 Å². The van der Waals surface area contributed by atoms with Gasteiger partial charge in [0.15, 0.2) is 0 Å². The first-order valence-corrected chi connectivity index (χ1v) is 12.6. The summed E-state index contributed by atoms with van der Waals surface area (Å²) >= 11 is 0. The van der Waals surface area contributed by atoms with Gasteiger partial charge < -0.3 is 0 Å². The number of unbranched alkanes of at least 4 members (excludes halogenated alkanes) is 2. The summed E-state index contributed by atoms with van der Waals surface area (Å²) in [5.41, 5.74) is 1.31. The lowest BCUT2D eigenvalue weighted by atomic mass is 9.65. The maximum Gasteiger partial charge on any atom is 0.416 e. The lowest BCUT2D eigenvalue weighted by Crippen LogP contribution is -2.29. The molecule has 0 nitrogen and oxygen atoms in total. The largest absolute Gasteiger partial charge is 0.416 e. The lowest BCUT2D eigenvalue weighted by molar-refractivity contribution is -0.137. The molecule has 0 radical (unpaired) electrons. The van der Waals surface area contributed by atoms with Crippen LogP contribution in [0, 0.1) is 5.41 Å². The second-order valence-electron chi connectivity index (χ2n) is 10.3. The van der Waals surface area contributed by atoms with Gasteiger partial charge in [0.2, 0.25) is 0 Å². The topological polar surface area (TPSA) is 0 Å². The van der Waals surface area contributed by atoms with E-state index in [1.165, 1.54) is 102 Å². The van der Waals surface area contributed by atoms with Crippen molar-refractivity contribution in [3.63, 3.8) is 0 Å². The second-order valence-corrected chi connectivity index (χ2v) is 10.3. The highest BCUT2D eigenvalue weighted by atomic mass is 19.4. The molecule has 0 amide bonds. The predicted molar refractivity (Wildman–Crippen MR) is 120 cm³/mol. The van der Waals surface area contributed by atoms with E-state index in [1.807, 2.05) is 0 Å². The third-order valence-electron chi connectivity index (χ3n) is 8.22. The Hall–Kier alpha value is -0.990. The third kappa shape index (κ3) is 6.04. The Morgan fingerprint density at radius 2 is 1.23 bits per heavy atom. The van der Waals surface area contributed by atoms with Crippen molar-refractivity contribution in [1.29, 1.82) is 0 Å². The van der Waals surface area contributed by atoms with Crippen LogP contribution in [0.15, 0.2) is 24.3 Å². The van der Waals surface area contributed by atoms with Gasteiger partial charge in [0, 0.05) is 0 Å². The third-order valence-corrected chi connectivity index (χ3v) is 8.22. The van der Waals surface area contributed by atoms with Crippen molar-refractivity contribution in [1.82, 2.24) is 0 Å². The van der Waals surface area contributed by atoms with Gasteiger partial charge in [-0.25, -0.2) is 0 Å². The van der Waals surface area contributed by atoms with Gasteiger partial charge in [0.25, 0.3) is 0 Å². The van der Waals surface area contributed by atoms with Gasteiger partial charge >= 0.3 is 6.18 Å². The summed E-state index contributed by atoms with van der Waals surface area (Å²) in [5.74, 6) is 0. The summed E-state index contributed by atoms with van der Waals surface area (Å²) in [7, 11) is 0. The first-order chi connectivity index (χ1) is 14.4. The van der Waals surface area contributed by atoms with E-state index in [0.717, 1.165) is 24.8 Å². The molecule has 0 heterocycles. The highest BCUT2D eigenvalue weighted by Gasteiger charge is 2.36. The molecule has 0 spiro atoms. The van der Waals surface area contributed by atoms with E-state index in [4.69, 9.17) is 0 Å². The summed E-state index contributed by atoms with van der Waals surface area (Å²) in [6.45, 7) is 2.30. The van der Waals surface area contributed by atoms with Crippen molar-refractivity contribution >= 4 is 0 Å². The molecule has 0 aliphatic heterocycles. The van der Waals surface area contributed by atoms with Crippen LogP contribution in [-0.4, -0.2) is 0 Å². The summed E-state index contributed by atoms with van der Waals surface area (Å²) in [6, 6.07) is 6.15. The first kappa shape index (κ1) is 23.7. The van der Waals surface area contributed by atoms with Gasteiger partial charge in [-0.05, 0) is 73.5 Å². The molecule has 3 heteroatoms. The Morgan fingerprint density at radius 1 is 0.700 bits per heavy atom. The van der Waals surface area contributed by atoms with Crippen molar-refractivity contribution in [2.24, 2.45) is 5.41 Å². The van der Waals surface area contributed by atoms with Crippen molar-refractivity contribution in [2.45, 2.75) is 128 Å². The van der Waals surface area contributed by atoms with E-state index in [9.17, 15) is 13.2 Å². The SMILES string of the molecule is CCCCC1(CCCCC2(c3ccc(C(F)(F)F)cc3)CCCCC2)CCCCC1. The van der Waals surface area contributed by atoms with Crippen molar-refractivity contribution in [3.8, 4) is 0 Å². The van der Waals surface area contributed by atoms with E-state index in [0.29, 0.717) is 5.41 Å². The van der Waals surface area contributed by atoms with Crippen LogP contribution < -0.4 is 0 Å². The molecule has 0 N–H and O–H groups in total. The number of benzene rings is 1. The van der Waals surface area contributed by atoms with E-state index in [2.05, 4.69) is 6.92 Å². The zero-order valence-electron chi connectivity index (χ0n) is 19.0. The van der Waals surface area contributed by atoms with Gasteiger partial charge in [-0.15, -0.1) is 0 Å². The van der Waals surface area contributed by atoms with Crippen molar-refractivity contribution < 1.29 is 13.2 Å². The Bertz CT molecular complexity index is 617. The molecule has 170 valence electrons. The molecule has 0 unspecified atom stereocenters. The Morgan fingerprint density at radius 3 is 1.80 bits per heavy atom. The lowest BCUT2D eigenvalue weighted by Gasteiger charge is -2.40. The molecule has 0 atom stereocenters. The van der Waals surface area contributed by atoms with Gasteiger partial charge in [-0.1, -0.05) is 83.3 Å².